The first kappa shape index (κ1) is 24.5. The van der Waals surface area contributed by atoms with Crippen LogP contribution in [0.5, 0.6) is 11.5 Å². The van der Waals surface area contributed by atoms with Crippen LogP contribution in [0.15, 0.2) is 48.8 Å². The Kier molecular flexibility index (Phi) is 7.30. The third-order valence-corrected chi connectivity index (χ3v) is 5.58. The molecule has 0 aliphatic rings. The van der Waals surface area contributed by atoms with Crippen LogP contribution in [0.1, 0.15) is 29.4 Å². The van der Waals surface area contributed by atoms with E-state index >= 15 is 0 Å². The number of halogens is 1. The van der Waals surface area contributed by atoms with Crippen molar-refractivity contribution in [2.45, 2.75) is 19.9 Å². The van der Waals surface area contributed by atoms with E-state index in [1.54, 1.807) is 28.8 Å². The molecule has 0 amide bonds. The molecule has 0 saturated carbocycles. The van der Waals surface area contributed by atoms with Gasteiger partial charge in [0.1, 0.15) is 46.8 Å². The van der Waals surface area contributed by atoms with Crippen molar-refractivity contribution in [2.24, 2.45) is 0 Å². The maximum Gasteiger partial charge on any atom is 0.339 e. The lowest BCUT2D eigenvalue weighted by atomic mass is 10.1. The molecule has 2 aromatic heterocycles. The van der Waals surface area contributed by atoms with E-state index in [2.05, 4.69) is 21.4 Å². The zero-order chi connectivity index (χ0) is 25.7. The highest BCUT2D eigenvalue weighted by Gasteiger charge is 2.17. The number of aromatic nitrogens is 3. The van der Waals surface area contributed by atoms with Crippen LogP contribution in [0.3, 0.4) is 0 Å². The summed E-state index contributed by atoms with van der Waals surface area (Å²) in [4.78, 5) is 20.1. The van der Waals surface area contributed by atoms with Crippen molar-refractivity contribution < 1.29 is 23.8 Å². The molecular formula is C26H24FN5O4. The van der Waals surface area contributed by atoms with Crippen LogP contribution in [0.2, 0.25) is 0 Å². The Hall–Kier alpha value is -4.65. The van der Waals surface area contributed by atoms with Gasteiger partial charge >= 0.3 is 5.97 Å². The third kappa shape index (κ3) is 4.90. The Labute approximate surface area is 206 Å². The molecule has 0 atom stereocenters. The topological polar surface area (TPSA) is 122 Å². The number of carboxylic acid groups (broad SMARTS) is 1. The molecule has 2 aromatic carbocycles. The van der Waals surface area contributed by atoms with Crippen LogP contribution >= 0.6 is 0 Å². The fourth-order valence-electron chi connectivity index (χ4n) is 3.91. The van der Waals surface area contributed by atoms with Crippen molar-refractivity contribution in [1.29, 1.82) is 5.26 Å². The van der Waals surface area contributed by atoms with E-state index in [1.165, 1.54) is 31.6 Å². The predicted octanol–water partition coefficient (Wildman–Crippen LogP) is 4.72. The second-order valence-electron chi connectivity index (χ2n) is 7.88. The van der Waals surface area contributed by atoms with Gasteiger partial charge in [-0.05, 0) is 36.8 Å². The van der Waals surface area contributed by atoms with E-state index in [0.717, 1.165) is 6.42 Å². The normalized spacial score (nSPS) is 10.7. The van der Waals surface area contributed by atoms with Gasteiger partial charge < -0.3 is 24.5 Å². The van der Waals surface area contributed by atoms with Gasteiger partial charge in [0, 0.05) is 30.1 Å². The number of anilines is 1. The summed E-state index contributed by atoms with van der Waals surface area (Å²) in [6, 6.07) is 13.1. The van der Waals surface area contributed by atoms with Crippen molar-refractivity contribution >= 4 is 22.7 Å². The first-order valence-corrected chi connectivity index (χ1v) is 11.3. The smallest absolute Gasteiger partial charge is 0.339 e. The molecule has 10 heteroatoms. The Bertz CT molecular complexity index is 1460. The zero-order valence-corrected chi connectivity index (χ0v) is 19.8. The van der Waals surface area contributed by atoms with Gasteiger partial charge in [0.25, 0.3) is 0 Å². The van der Waals surface area contributed by atoms with Gasteiger partial charge in [0.05, 0.1) is 24.9 Å². The Morgan fingerprint density at radius 1 is 1.19 bits per heavy atom. The first-order chi connectivity index (χ1) is 17.5. The number of nitrogens with one attached hydrogen (secondary N) is 1. The van der Waals surface area contributed by atoms with Crippen molar-refractivity contribution in [1.82, 2.24) is 14.5 Å². The maximum atomic E-state index is 14.6. The fraction of sp³-hybridized carbons (Fsp3) is 0.231. The van der Waals surface area contributed by atoms with Crippen molar-refractivity contribution in [3.63, 3.8) is 0 Å². The molecule has 0 saturated heterocycles. The molecule has 4 rings (SSSR count). The summed E-state index contributed by atoms with van der Waals surface area (Å²) >= 11 is 0. The number of aromatic carboxylic acids is 1. The summed E-state index contributed by atoms with van der Waals surface area (Å²) in [7, 11) is 1.50. The number of nitrogens with zero attached hydrogens (tertiary/aromatic N) is 4. The van der Waals surface area contributed by atoms with E-state index < -0.39 is 11.8 Å². The minimum absolute atomic E-state index is 0.0794. The van der Waals surface area contributed by atoms with Crippen LogP contribution in [-0.2, 0) is 6.54 Å². The van der Waals surface area contributed by atoms with Gasteiger partial charge in [-0.1, -0.05) is 13.0 Å². The third-order valence-electron chi connectivity index (χ3n) is 5.58. The van der Waals surface area contributed by atoms with Crippen molar-refractivity contribution in [2.75, 3.05) is 25.6 Å². The van der Waals surface area contributed by atoms with E-state index in [-0.39, 0.29) is 11.3 Å². The van der Waals surface area contributed by atoms with E-state index in [0.29, 0.717) is 59.1 Å². The Morgan fingerprint density at radius 2 is 2.03 bits per heavy atom. The molecule has 0 spiro atoms. The molecular weight excluding hydrogens is 465 g/mol. The lowest BCUT2D eigenvalue weighted by molar-refractivity contribution is 0.0692. The summed E-state index contributed by atoms with van der Waals surface area (Å²) in [5.41, 5.74) is 1.95. The minimum atomic E-state index is -1.07. The van der Waals surface area contributed by atoms with Crippen LogP contribution in [-0.4, -0.2) is 45.9 Å². The van der Waals surface area contributed by atoms with Gasteiger partial charge in [0.15, 0.2) is 0 Å². The Balaban J connectivity index is 1.55. The number of carboxylic acids is 1. The fourth-order valence-corrected chi connectivity index (χ4v) is 3.91. The molecule has 0 aliphatic heterocycles. The highest BCUT2D eigenvalue weighted by molar-refractivity contribution is 5.92. The SMILES string of the molecule is CCCOc1cc(-c2cc(NCCn3c(C#N)cc4c(OC)ccc(F)c43)ncn2)ccc1C(=O)O. The summed E-state index contributed by atoms with van der Waals surface area (Å²) < 4.78 is 27.2. The van der Waals surface area contributed by atoms with Gasteiger partial charge in [-0.25, -0.2) is 19.2 Å². The molecule has 0 aliphatic carbocycles. The lowest BCUT2D eigenvalue weighted by Gasteiger charge is -2.12. The van der Waals surface area contributed by atoms with Crippen molar-refractivity contribution in [3.8, 4) is 28.8 Å². The van der Waals surface area contributed by atoms with Crippen LogP contribution in [0, 0.1) is 17.1 Å². The first-order valence-electron chi connectivity index (χ1n) is 11.3. The summed E-state index contributed by atoms with van der Waals surface area (Å²) in [5.74, 6) is -0.225. The minimum Gasteiger partial charge on any atom is -0.496 e. The number of carbonyl (C=O) groups is 1. The molecule has 2 heterocycles. The summed E-state index contributed by atoms with van der Waals surface area (Å²) in [6.07, 6.45) is 2.14. The van der Waals surface area contributed by atoms with Gasteiger partial charge in [-0.15, -0.1) is 0 Å². The number of rotatable bonds is 10. The molecule has 0 radical (unpaired) electrons. The Morgan fingerprint density at radius 3 is 2.75 bits per heavy atom. The molecule has 0 fully saturated rings. The van der Waals surface area contributed by atoms with Gasteiger partial charge in [-0.3, -0.25) is 0 Å². The molecule has 0 bridgehead atoms. The molecule has 0 unspecified atom stereocenters. The number of ether oxygens (including phenoxy) is 2. The quantitative estimate of drug-likeness (QED) is 0.328. The monoisotopic (exact) mass is 489 g/mol. The average molecular weight is 490 g/mol. The zero-order valence-electron chi connectivity index (χ0n) is 19.8. The number of benzene rings is 2. The number of hydrogen-bond acceptors (Lipinski definition) is 7. The molecule has 36 heavy (non-hydrogen) atoms. The van der Waals surface area contributed by atoms with Crippen LogP contribution in [0.4, 0.5) is 10.2 Å². The second kappa shape index (κ2) is 10.7. The number of hydrogen-bond donors (Lipinski definition) is 2. The average Bonchev–Trinajstić information content (AvgIpc) is 3.27. The number of fused-ring (bicyclic) bond motifs is 1. The predicted molar refractivity (Wildman–Crippen MR) is 132 cm³/mol. The molecule has 4 aromatic rings. The summed E-state index contributed by atoms with van der Waals surface area (Å²) in [5, 5.41) is 22.7. The largest absolute Gasteiger partial charge is 0.496 e. The summed E-state index contributed by atoms with van der Waals surface area (Å²) in [6.45, 7) is 2.99. The van der Waals surface area contributed by atoms with Gasteiger partial charge in [0.2, 0.25) is 0 Å². The highest BCUT2D eigenvalue weighted by Crippen LogP contribution is 2.31. The molecule has 184 valence electrons. The molecule has 9 nitrogen and oxygen atoms in total. The number of methoxy groups -OCH3 is 1. The van der Waals surface area contributed by atoms with Crippen molar-refractivity contribution in [3.05, 3.63) is 65.9 Å². The second-order valence-corrected chi connectivity index (χ2v) is 7.88. The number of nitriles is 1. The van der Waals surface area contributed by atoms with Gasteiger partial charge in [-0.2, -0.15) is 5.26 Å². The van der Waals surface area contributed by atoms with Crippen LogP contribution < -0.4 is 14.8 Å². The van der Waals surface area contributed by atoms with E-state index in [9.17, 15) is 19.6 Å². The van der Waals surface area contributed by atoms with E-state index in [4.69, 9.17) is 9.47 Å². The molecule has 2 N–H and O–H groups in total. The highest BCUT2D eigenvalue weighted by atomic mass is 19.1. The maximum absolute atomic E-state index is 14.6. The lowest BCUT2D eigenvalue weighted by Crippen LogP contribution is -2.13. The van der Waals surface area contributed by atoms with E-state index in [1.807, 2.05) is 6.92 Å². The van der Waals surface area contributed by atoms with Crippen LogP contribution in [0.25, 0.3) is 22.2 Å². The standard InChI is InChI=1S/C26H24FN5O4/c1-3-10-36-23-11-16(4-5-18(23)26(33)34)21-13-24(31-15-30-21)29-8-9-32-17(14-28)12-19-22(35-2)7-6-20(27)25(19)32/h4-7,11-13,15H,3,8-10H2,1-2H3,(H,33,34)(H,29,30,31).